The maximum Gasteiger partial charge on any atom is 0.226 e. The summed E-state index contributed by atoms with van der Waals surface area (Å²) in [4.78, 5) is 11.8. The van der Waals surface area contributed by atoms with Gasteiger partial charge in [0.25, 0.3) is 0 Å². The maximum atomic E-state index is 10.7. The second kappa shape index (κ2) is 9.37. The molecule has 1 aliphatic heterocycles. The number of ether oxygens (including phenoxy) is 1. The van der Waals surface area contributed by atoms with Crippen LogP contribution in [-0.4, -0.2) is 53.5 Å². The molecule has 1 aromatic heterocycles. The zero-order valence-electron chi connectivity index (χ0n) is 17.5. The number of fused-ring (bicyclic) bond motifs is 1. The van der Waals surface area contributed by atoms with Gasteiger partial charge in [0.15, 0.2) is 0 Å². The number of nitrogens with zero attached hydrogens (tertiary/aromatic N) is 3. The van der Waals surface area contributed by atoms with Crippen molar-refractivity contribution >= 4 is 16.9 Å². The second-order valence-corrected chi connectivity index (χ2v) is 7.84. The van der Waals surface area contributed by atoms with Crippen molar-refractivity contribution in [2.24, 2.45) is 0 Å². The highest BCUT2D eigenvalue weighted by Crippen LogP contribution is 2.25. The number of aryl methyl sites for hydroxylation is 1. The Labute approximate surface area is 173 Å². The first-order chi connectivity index (χ1) is 14.0. The molecule has 0 spiro atoms. The molecular weight excluding hydrogens is 364 g/mol. The predicted octanol–water partition coefficient (Wildman–Crippen LogP) is 3.39. The van der Waals surface area contributed by atoms with Gasteiger partial charge in [-0.3, -0.25) is 0 Å². The Morgan fingerprint density at radius 3 is 2.55 bits per heavy atom. The maximum absolute atomic E-state index is 10.7. The van der Waals surface area contributed by atoms with Crippen molar-refractivity contribution in [1.82, 2.24) is 15.3 Å². The Balaban J connectivity index is 1.62. The minimum absolute atomic E-state index is 0.373. The van der Waals surface area contributed by atoms with Gasteiger partial charge < -0.3 is 20.1 Å². The lowest BCUT2D eigenvalue weighted by molar-refractivity contribution is 0.0426. The Bertz CT molecular complexity index is 849. The lowest BCUT2D eigenvalue weighted by Crippen LogP contribution is -2.48. The molecular formula is C23H32N4O2. The Morgan fingerprint density at radius 2 is 1.93 bits per heavy atom. The first kappa shape index (κ1) is 21.3. The molecule has 0 saturated carbocycles. The third-order valence-electron chi connectivity index (χ3n) is 5.63. The van der Waals surface area contributed by atoms with Crippen molar-refractivity contribution in [3.05, 3.63) is 49.2 Å². The zero-order chi connectivity index (χ0) is 20.9. The molecule has 29 heavy (non-hydrogen) atoms. The van der Waals surface area contributed by atoms with Crippen LogP contribution in [0.5, 0.6) is 5.75 Å². The van der Waals surface area contributed by atoms with E-state index in [1.165, 1.54) is 0 Å². The standard InChI is InChI=1S/C23H32N4O2/c1-5-11-23(28,12-6-2)16-24-18-9-13-27(14-10-18)22-25-17(3)20-15-19(29-4)7-8-21(20)26-22/h5-8,15,18,24,28H,1-2,9-14,16H2,3-4H3. The van der Waals surface area contributed by atoms with Crippen LogP contribution in [0.3, 0.4) is 0 Å². The zero-order valence-corrected chi connectivity index (χ0v) is 17.5. The van der Waals surface area contributed by atoms with Crippen molar-refractivity contribution in [2.75, 3.05) is 31.6 Å². The number of hydrogen-bond donors (Lipinski definition) is 2. The number of piperidine rings is 1. The number of anilines is 1. The molecule has 0 aliphatic carbocycles. The lowest BCUT2D eigenvalue weighted by atomic mass is 9.94. The predicted molar refractivity (Wildman–Crippen MR) is 119 cm³/mol. The largest absolute Gasteiger partial charge is 0.497 e. The molecule has 1 fully saturated rings. The molecule has 6 heteroatoms. The third-order valence-corrected chi connectivity index (χ3v) is 5.63. The molecule has 1 aliphatic rings. The third kappa shape index (κ3) is 5.14. The first-order valence-electron chi connectivity index (χ1n) is 10.2. The molecule has 2 heterocycles. The lowest BCUT2D eigenvalue weighted by Gasteiger charge is -2.35. The Kier molecular flexibility index (Phi) is 6.87. The summed E-state index contributed by atoms with van der Waals surface area (Å²) in [7, 11) is 1.67. The van der Waals surface area contributed by atoms with Crippen LogP contribution >= 0.6 is 0 Å². The summed E-state index contributed by atoms with van der Waals surface area (Å²) >= 11 is 0. The first-order valence-corrected chi connectivity index (χ1v) is 10.2. The highest BCUT2D eigenvalue weighted by Gasteiger charge is 2.27. The van der Waals surface area contributed by atoms with E-state index in [0.29, 0.717) is 25.4 Å². The van der Waals surface area contributed by atoms with E-state index in [0.717, 1.165) is 54.2 Å². The fourth-order valence-electron chi connectivity index (χ4n) is 3.90. The number of benzene rings is 1. The van der Waals surface area contributed by atoms with Crippen LogP contribution in [0.4, 0.5) is 5.95 Å². The average molecular weight is 397 g/mol. The van der Waals surface area contributed by atoms with Gasteiger partial charge in [0, 0.05) is 31.1 Å². The quantitative estimate of drug-likeness (QED) is 0.633. The number of methoxy groups -OCH3 is 1. The molecule has 2 aromatic rings. The van der Waals surface area contributed by atoms with Gasteiger partial charge in [-0.15, -0.1) is 13.2 Å². The second-order valence-electron chi connectivity index (χ2n) is 7.84. The fourth-order valence-corrected chi connectivity index (χ4v) is 3.90. The summed E-state index contributed by atoms with van der Waals surface area (Å²) in [5.41, 5.74) is 1.09. The van der Waals surface area contributed by atoms with Gasteiger partial charge in [0.05, 0.1) is 23.9 Å². The van der Waals surface area contributed by atoms with Gasteiger partial charge in [-0.05, 0) is 50.8 Å². The summed E-state index contributed by atoms with van der Waals surface area (Å²) in [6.07, 6.45) is 6.62. The number of aliphatic hydroxyl groups is 1. The van der Waals surface area contributed by atoms with Crippen molar-refractivity contribution in [3.63, 3.8) is 0 Å². The van der Waals surface area contributed by atoms with Crippen LogP contribution in [0.1, 0.15) is 31.4 Å². The van der Waals surface area contributed by atoms with Gasteiger partial charge in [-0.2, -0.15) is 0 Å². The van der Waals surface area contributed by atoms with E-state index in [1.807, 2.05) is 25.1 Å². The number of nitrogens with one attached hydrogen (secondary N) is 1. The minimum atomic E-state index is -0.805. The SMILES string of the molecule is C=CCC(O)(CC=C)CNC1CCN(c2nc(C)c3cc(OC)ccc3n2)CC1. The molecule has 3 rings (SSSR count). The normalized spacial score (nSPS) is 15.5. The fraction of sp³-hybridized carbons (Fsp3) is 0.478. The van der Waals surface area contributed by atoms with E-state index in [1.54, 1.807) is 19.3 Å². The molecule has 0 atom stereocenters. The average Bonchev–Trinajstić information content (AvgIpc) is 2.73. The summed E-state index contributed by atoms with van der Waals surface area (Å²) in [6, 6.07) is 6.28. The van der Waals surface area contributed by atoms with Crippen molar-refractivity contribution in [2.45, 2.75) is 44.2 Å². The summed E-state index contributed by atoms with van der Waals surface area (Å²) in [5.74, 6) is 1.60. The van der Waals surface area contributed by atoms with E-state index in [-0.39, 0.29) is 0 Å². The van der Waals surface area contributed by atoms with E-state index in [4.69, 9.17) is 14.7 Å². The Morgan fingerprint density at radius 1 is 1.24 bits per heavy atom. The van der Waals surface area contributed by atoms with Crippen molar-refractivity contribution < 1.29 is 9.84 Å². The molecule has 0 unspecified atom stereocenters. The van der Waals surface area contributed by atoms with Crippen molar-refractivity contribution in [1.29, 1.82) is 0 Å². The highest BCUT2D eigenvalue weighted by atomic mass is 16.5. The molecule has 2 N–H and O–H groups in total. The van der Waals surface area contributed by atoms with E-state index >= 15 is 0 Å². The molecule has 0 radical (unpaired) electrons. The number of hydrogen-bond acceptors (Lipinski definition) is 6. The van der Waals surface area contributed by atoms with Crippen LogP contribution in [0.25, 0.3) is 10.9 Å². The summed E-state index contributed by atoms with van der Waals surface area (Å²) in [6.45, 7) is 11.8. The van der Waals surface area contributed by atoms with Gasteiger partial charge in [-0.25, -0.2) is 9.97 Å². The number of rotatable bonds is 9. The number of aromatic nitrogens is 2. The van der Waals surface area contributed by atoms with Crippen molar-refractivity contribution in [3.8, 4) is 5.75 Å². The summed E-state index contributed by atoms with van der Waals surface area (Å²) < 4.78 is 5.31. The van der Waals surface area contributed by atoms with Crippen LogP contribution in [0, 0.1) is 6.92 Å². The molecule has 6 nitrogen and oxygen atoms in total. The summed E-state index contributed by atoms with van der Waals surface area (Å²) in [5, 5.41) is 15.2. The van der Waals surface area contributed by atoms with Gasteiger partial charge in [0.2, 0.25) is 5.95 Å². The molecule has 1 saturated heterocycles. The molecule has 0 amide bonds. The molecule has 0 bridgehead atoms. The van der Waals surface area contributed by atoms with Crippen LogP contribution in [0.15, 0.2) is 43.5 Å². The van der Waals surface area contributed by atoms with Gasteiger partial charge in [0.1, 0.15) is 5.75 Å². The van der Waals surface area contributed by atoms with Crippen LogP contribution in [-0.2, 0) is 0 Å². The van der Waals surface area contributed by atoms with Gasteiger partial charge >= 0.3 is 0 Å². The topological polar surface area (TPSA) is 70.5 Å². The minimum Gasteiger partial charge on any atom is -0.497 e. The monoisotopic (exact) mass is 396 g/mol. The van der Waals surface area contributed by atoms with E-state index in [2.05, 4.69) is 23.4 Å². The van der Waals surface area contributed by atoms with E-state index < -0.39 is 5.60 Å². The van der Waals surface area contributed by atoms with E-state index in [9.17, 15) is 5.11 Å². The highest BCUT2D eigenvalue weighted by molar-refractivity contribution is 5.83. The van der Waals surface area contributed by atoms with Gasteiger partial charge in [-0.1, -0.05) is 12.2 Å². The van der Waals surface area contributed by atoms with Crippen LogP contribution < -0.4 is 15.0 Å². The molecule has 1 aromatic carbocycles. The molecule has 156 valence electrons. The Hall–Kier alpha value is -2.44. The smallest absolute Gasteiger partial charge is 0.226 e. The van der Waals surface area contributed by atoms with Crippen LogP contribution in [0.2, 0.25) is 0 Å².